The number of carbonyl (C=O) groups is 1. The van der Waals surface area contributed by atoms with Gasteiger partial charge >= 0.3 is 5.97 Å². The highest BCUT2D eigenvalue weighted by atomic mass is 16.5. The van der Waals surface area contributed by atoms with Gasteiger partial charge in [-0.1, -0.05) is 6.07 Å². The highest BCUT2D eigenvalue weighted by Gasteiger charge is 2.20. The molecule has 1 fully saturated rings. The molecule has 0 aliphatic heterocycles. The molecule has 15 heavy (non-hydrogen) atoms. The molecule has 0 amide bonds. The van der Waals surface area contributed by atoms with E-state index >= 15 is 0 Å². The Hall–Kier alpha value is -1.51. The summed E-state index contributed by atoms with van der Waals surface area (Å²) in [6, 6.07) is 7.42. The normalized spacial score (nSPS) is 14.7. The van der Waals surface area contributed by atoms with E-state index in [-0.39, 0.29) is 5.97 Å². The van der Waals surface area contributed by atoms with Gasteiger partial charge in [0.2, 0.25) is 0 Å². The van der Waals surface area contributed by atoms with E-state index in [1.54, 1.807) is 6.07 Å². The van der Waals surface area contributed by atoms with E-state index in [1.807, 2.05) is 18.2 Å². The minimum absolute atomic E-state index is 0.287. The Morgan fingerprint density at radius 1 is 1.53 bits per heavy atom. The zero-order valence-electron chi connectivity index (χ0n) is 8.82. The van der Waals surface area contributed by atoms with Crippen LogP contribution in [-0.4, -0.2) is 19.6 Å². The van der Waals surface area contributed by atoms with Crippen molar-refractivity contribution in [3.8, 4) is 0 Å². The Balaban J connectivity index is 2.00. The van der Waals surface area contributed by atoms with Gasteiger partial charge in [-0.25, -0.2) is 4.79 Å². The third-order valence-corrected chi connectivity index (χ3v) is 2.58. The number of hydrogen-bond donors (Lipinski definition) is 1. The molecule has 0 bridgehead atoms. The molecule has 0 aromatic heterocycles. The molecule has 0 atom stereocenters. The van der Waals surface area contributed by atoms with Crippen molar-refractivity contribution in [1.82, 2.24) is 0 Å². The van der Waals surface area contributed by atoms with E-state index in [9.17, 15) is 4.79 Å². The number of anilines is 1. The summed E-state index contributed by atoms with van der Waals surface area (Å²) in [5, 5.41) is 3.32. The predicted octanol–water partition coefficient (Wildman–Crippen LogP) is 2.30. The number of esters is 1. The Labute approximate surface area is 89.4 Å². The molecule has 1 aliphatic carbocycles. The summed E-state index contributed by atoms with van der Waals surface area (Å²) >= 11 is 0. The van der Waals surface area contributed by atoms with Crippen LogP contribution in [0.1, 0.15) is 23.2 Å². The van der Waals surface area contributed by atoms with Crippen molar-refractivity contribution >= 4 is 11.7 Å². The van der Waals surface area contributed by atoms with Crippen molar-refractivity contribution in [3.63, 3.8) is 0 Å². The molecule has 80 valence electrons. The van der Waals surface area contributed by atoms with Crippen LogP contribution in [0.25, 0.3) is 0 Å². The second kappa shape index (κ2) is 4.34. The third kappa shape index (κ3) is 2.72. The summed E-state index contributed by atoms with van der Waals surface area (Å²) in [6.07, 6.45) is 2.65. The van der Waals surface area contributed by atoms with Gasteiger partial charge in [-0.3, -0.25) is 0 Å². The molecule has 3 heteroatoms. The molecule has 1 saturated carbocycles. The highest BCUT2D eigenvalue weighted by Crippen LogP contribution is 2.28. The zero-order chi connectivity index (χ0) is 10.7. The molecular formula is C12H15NO2. The average molecular weight is 205 g/mol. The van der Waals surface area contributed by atoms with Crippen molar-refractivity contribution < 1.29 is 9.53 Å². The fourth-order valence-corrected chi connectivity index (χ4v) is 1.46. The van der Waals surface area contributed by atoms with Crippen LogP contribution in [0.2, 0.25) is 0 Å². The first-order valence-corrected chi connectivity index (χ1v) is 5.22. The van der Waals surface area contributed by atoms with Gasteiger partial charge in [0.15, 0.2) is 0 Å². The topological polar surface area (TPSA) is 38.3 Å². The van der Waals surface area contributed by atoms with Crippen LogP contribution in [0.3, 0.4) is 0 Å². The SMILES string of the molecule is COC(=O)c1cccc(NCC2CC2)c1. The van der Waals surface area contributed by atoms with Crippen molar-refractivity contribution in [1.29, 1.82) is 0 Å². The van der Waals surface area contributed by atoms with Gasteiger partial charge in [-0.15, -0.1) is 0 Å². The largest absolute Gasteiger partial charge is 0.465 e. The molecule has 0 saturated heterocycles. The number of benzene rings is 1. The van der Waals surface area contributed by atoms with Gasteiger partial charge < -0.3 is 10.1 Å². The first kappa shape index (κ1) is 10.0. The highest BCUT2D eigenvalue weighted by molar-refractivity contribution is 5.90. The van der Waals surface area contributed by atoms with E-state index < -0.39 is 0 Å². The molecule has 0 radical (unpaired) electrons. The van der Waals surface area contributed by atoms with E-state index in [0.29, 0.717) is 5.56 Å². The van der Waals surface area contributed by atoms with Crippen LogP contribution >= 0.6 is 0 Å². The molecule has 1 aromatic carbocycles. The van der Waals surface area contributed by atoms with E-state index in [0.717, 1.165) is 18.2 Å². The fraction of sp³-hybridized carbons (Fsp3) is 0.417. The van der Waals surface area contributed by atoms with E-state index in [4.69, 9.17) is 0 Å². The maximum Gasteiger partial charge on any atom is 0.337 e. The molecule has 1 N–H and O–H groups in total. The molecule has 0 spiro atoms. The van der Waals surface area contributed by atoms with Crippen molar-refractivity contribution in [3.05, 3.63) is 29.8 Å². The van der Waals surface area contributed by atoms with Gasteiger partial charge in [-0.2, -0.15) is 0 Å². The minimum Gasteiger partial charge on any atom is -0.465 e. The number of nitrogens with one attached hydrogen (secondary N) is 1. The molecule has 0 heterocycles. The van der Waals surface area contributed by atoms with Gasteiger partial charge in [-0.05, 0) is 37.0 Å². The Bertz CT molecular complexity index is 358. The molecular weight excluding hydrogens is 190 g/mol. The Morgan fingerprint density at radius 3 is 3.00 bits per heavy atom. The molecule has 1 aromatic rings. The van der Waals surface area contributed by atoms with Gasteiger partial charge in [0, 0.05) is 12.2 Å². The van der Waals surface area contributed by atoms with Crippen LogP contribution in [-0.2, 0) is 4.74 Å². The summed E-state index contributed by atoms with van der Waals surface area (Å²) in [7, 11) is 1.40. The van der Waals surface area contributed by atoms with E-state index in [1.165, 1.54) is 20.0 Å². The number of rotatable bonds is 4. The summed E-state index contributed by atoms with van der Waals surface area (Å²) in [4.78, 5) is 11.3. The second-order valence-corrected chi connectivity index (χ2v) is 3.90. The van der Waals surface area contributed by atoms with Crippen LogP contribution in [0.5, 0.6) is 0 Å². The van der Waals surface area contributed by atoms with Crippen LogP contribution in [0, 0.1) is 5.92 Å². The first-order valence-electron chi connectivity index (χ1n) is 5.22. The Kier molecular flexibility index (Phi) is 2.90. The van der Waals surface area contributed by atoms with Crippen LogP contribution < -0.4 is 5.32 Å². The summed E-state index contributed by atoms with van der Waals surface area (Å²) in [5.41, 5.74) is 1.59. The number of methoxy groups -OCH3 is 1. The lowest BCUT2D eigenvalue weighted by Crippen LogP contribution is -2.05. The zero-order valence-corrected chi connectivity index (χ0v) is 8.82. The maximum absolute atomic E-state index is 11.3. The summed E-state index contributed by atoms with van der Waals surface area (Å²) in [5.74, 6) is 0.539. The molecule has 3 nitrogen and oxygen atoms in total. The standard InChI is InChI=1S/C12H15NO2/c1-15-12(14)10-3-2-4-11(7-10)13-8-9-5-6-9/h2-4,7,9,13H,5-6,8H2,1H3. The predicted molar refractivity (Wildman–Crippen MR) is 59.0 cm³/mol. The average Bonchev–Trinajstić information content (AvgIpc) is 3.09. The van der Waals surface area contributed by atoms with Crippen LogP contribution in [0.4, 0.5) is 5.69 Å². The van der Waals surface area contributed by atoms with Crippen molar-refractivity contribution in [2.75, 3.05) is 19.0 Å². The lowest BCUT2D eigenvalue weighted by Gasteiger charge is -2.06. The lowest BCUT2D eigenvalue weighted by atomic mass is 10.2. The van der Waals surface area contributed by atoms with Gasteiger partial charge in [0.25, 0.3) is 0 Å². The maximum atomic E-state index is 11.3. The van der Waals surface area contributed by atoms with Gasteiger partial charge in [0.1, 0.15) is 0 Å². The number of ether oxygens (including phenoxy) is 1. The first-order chi connectivity index (χ1) is 7.29. The van der Waals surface area contributed by atoms with Crippen molar-refractivity contribution in [2.24, 2.45) is 5.92 Å². The minimum atomic E-state index is -0.287. The monoisotopic (exact) mass is 205 g/mol. The number of carbonyl (C=O) groups excluding carboxylic acids is 1. The quantitative estimate of drug-likeness (QED) is 0.766. The second-order valence-electron chi connectivity index (χ2n) is 3.90. The smallest absolute Gasteiger partial charge is 0.337 e. The fourth-order valence-electron chi connectivity index (χ4n) is 1.46. The van der Waals surface area contributed by atoms with Gasteiger partial charge in [0.05, 0.1) is 12.7 Å². The molecule has 1 aliphatic rings. The number of hydrogen-bond acceptors (Lipinski definition) is 3. The summed E-state index contributed by atoms with van der Waals surface area (Å²) < 4.78 is 4.66. The van der Waals surface area contributed by atoms with Crippen LogP contribution in [0.15, 0.2) is 24.3 Å². The molecule has 2 rings (SSSR count). The van der Waals surface area contributed by atoms with E-state index in [2.05, 4.69) is 10.1 Å². The summed E-state index contributed by atoms with van der Waals surface area (Å²) in [6.45, 7) is 1.00. The lowest BCUT2D eigenvalue weighted by molar-refractivity contribution is 0.0601. The molecule has 0 unspecified atom stereocenters. The van der Waals surface area contributed by atoms with Crippen molar-refractivity contribution in [2.45, 2.75) is 12.8 Å². The Morgan fingerprint density at radius 2 is 2.33 bits per heavy atom. The third-order valence-electron chi connectivity index (χ3n) is 2.58.